The molecule has 2 rings (SSSR count). The Morgan fingerprint density at radius 2 is 2.00 bits per heavy atom. The fraction of sp³-hybridized carbons (Fsp3) is 0.222. The number of amides is 1. The summed E-state index contributed by atoms with van der Waals surface area (Å²) in [5, 5.41) is 2.76. The predicted molar refractivity (Wildman–Crippen MR) is 97.0 cm³/mol. The van der Waals surface area contributed by atoms with Gasteiger partial charge in [0.15, 0.2) is 0 Å². The van der Waals surface area contributed by atoms with E-state index in [1.165, 1.54) is 24.3 Å². The van der Waals surface area contributed by atoms with E-state index in [2.05, 4.69) is 20.9 Å². The van der Waals surface area contributed by atoms with E-state index < -0.39 is 10.0 Å². The molecule has 0 saturated heterocycles. The number of hydrogen-bond donors (Lipinski definition) is 2. The second-order valence-corrected chi connectivity index (χ2v) is 6.90. The zero-order valence-electron chi connectivity index (χ0n) is 14.2. The zero-order valence-corrected chi connectivity index (χ0v) is 15.0. The van der Waals surface area contributed by atoms with Crippen LogP contribution in [0.4, 0.5) is 0 Å². The van der Waals surface area contributed by atoms with Gasteiger partial charge in [0.05, 0.1) is 18.0 Å². The predicted octanol–water partition coefficient (Wildman–Crippen LogP) is 1.32. The topological polar surface area (TPSA) is 97.4 Å². The van der Waals surface area contributed by atoms with Gasteiger partial charge in [-0.05, 0) is 37.3 Å². The van der Waals surface area contributed by atoms with Crippen LogP contribution in [0.3, 0.4) is 0 Å². The summed E-state index contributed by atoms with van der Waals surface area (Å²) >= 11 is 0. The molecule has 2 aromatic rings. The van der Waals surface area contributed by atoms with Crippen LogP contribution < -0.4 is 14.8 Å². The Kier molecular flexibility index (Phi) is 6.72. The smallest absolute Gasteiger partial charge is 0.251 e. The molecule has 1 heterocycles. The van der Waals surface area contributed by atoms with Crippen LogP contribution in [0.5, 0.6) is 5.88 Å². The van der Waals surface area contributed by atoms with Crippen molar-refractivity contribution in [1.29, 1.82) is 0 Å². The summed E-state index contributed by atoms with van der Waals surface area (Å²) in [6.45, 7) is 2.47. The number of sulfonamides is 1. The molecule has 0 spiro atoms. The van der Waals surface area contributed by atoms with E-state index in [0.717, 1.165) is 5.56 Å². The Bertz CT molecular complexity index is 903. The van der Waals surface area contributed by atoms with Gasteiger partial charge in [-0.3, -0.25) is 4.79 Å². The summed E-state index contributed by atoms with van der Waals surface area (Å²) in [4.78, 5) is 16.4. The number of carbonyl (C=O) groups is 1. The number of nitrogens with zero attached hydrogens (tertiary/aromatic N) is 1. The number of ether oxygens (including phenoxy) is 1. The molecule has 0 aliphatic carbocycles. The first kappa shape index (κ1) is 19.4. The molecule has 0 fully saturated rings. The van der Waals surface area contributed by atoms with Crippen LogP contribution >= 0.6 is 0 Å². The van der Waals surface area contributed by atoms with E-state index >= 15 is 0 Å². The molecule has 1 aromatic heterocycles. The first-order valence-electron chi connectivity index (χ1n) is 7.86. The summed E-state index contributed by atoms with van der Waals surface area (Å²) in [7, 11) is -3.68. The van der Waals surface area contributed by atoms with Gasteiger partial charge in [0.25, 0.3) is 5.91 Å². The monoisotopic (exact) mass is 373 g/mol. The number of benzene rings is 1. The number of carbonyl (C=O) groups excluding carboxylic acids is 1. The second kappa shape index (κ2) is 8.99. The minimum atomic E-state index is -3.68. The third kappa shape index (κ3) is 5.05. The molecule has 2 N–H and O–H groups in total. The van der Waals surface area contributed by atoms with Crippen molar-refractivity contribution in [2.75, 3.05) is 13.2 Å². The van der Waals surface area contributed by atoms with Gasteiger partial charge in [-0.2, -0.15) is 4.72 Å². The van der Waals surface area contributed by atoms with Gasteiger partial charge in [0.2, 0.25) is 15.9 Å². The quantitative estimate of drug-likeness (QED) is 0.680. The molecule has 0 unspecified atom stereocenters. The third-order valence-electron chi connectivity index (χ3n) is 3.36. The number of aromatic nitrogens is 1. The molecule has 1 aromatic carbocycles. The molecular weight excluding hydrogens is 354 g/mol. The molecule has 1 amide bonds. The van der Waals surface area contributed by atoms with Crippen LogP contribution in [0, 0.1) is 12.3 Å². The largest absolute Gasteiger partial charge is 0.478 e. The van der Waals surface area contributed by atoms with Gasteiger partial charge in [-0.25, -0.2) is 13.4 Å². The van der Waals surface area contributed by atoms with Crippen molar-refractivity contribution in [1.82, 2.24) is 15.0 Å². The molecule has 0 atom stereocenters. The van der Waals surface area contributed by atoms with Gasteiger partial charge in [-0.1, -0.05) is 12.0 Å². The maximum Gasteiger partial charge on any atom is 0.251 e. The Morgan fingerprint density at radius 1 is 1.27 bits per heavy atom. The maximum absolute atomic E-state index is 12.3. The van der Waals surface area contributed by atoms with Crippen LogP contribution in [-0.4, -0.2) is 32.5 Å². The highest BCUT2D eigenvalue weighted by molar-refractivity contribution is 7.89. The maximum atomic E-state index is 12.3. The Morgan fingerprint density at radius 3 is 2.65 bits per heavy atom. The lowest BCUT2D eigenvalue weighted by molar-refractivity contribution is 0.0950. The van der Waals surface area contributed by atoms with Crippen molar-refractivity contribution in [3.8, 4) is 18.2 Å². The highest BCUT2D eigenvalue weighted by Crippen LogP contribution is 2.15. The minimum absolute atomic E-state index is 0.0372. The highest BCUT2D eigenvalue weighted by atomic mass is 32.2. The average Bonchev–Trinajstić information content (AvgIpc) is 2.66. The summed E-state index contributed by atoms with van der Waals surface area (Å²) in [6, 6.07) is 9.14. The van der Waals surface area contributed by atoms with Crippen LogP contribution in [0.2, 0.25) is 0 Å². The molecule has 7 nitrogen and oxygen atoms in total. The van der Waals surface area contributed by atoms with Crippen molar-refractivity contribution in [2.45, 2.75) is 18.4 Å². The van der Waals surface area contributed by atoms with Crippen LogP contribution in [0.1, 0.15) is 22.8 Å². The second-order valence-electron chi connectivity index (χ2n) is 5.14. The number of hydrogen-bond acceptors (Lipinski definition) is 5. The van der Waals surface area contributed by atoms with Crippen molar-refractivity contribution >= 4 is 15.9 Å². The van der Waals surface area contributed by atoms with Crippen molar-refractivity contribution in [3.05, 3.63) is 53.7 Å². The van der Waals surface area contributed by atoms with Crippen LogP contribution in [0.25, 0.3) is 0 Å². The highest BCUT2D eigenvalue weighted by Gasteiger charge is 2.14. The van der Waals surface area contributed by atoms with E-state index in [1.54, 1.807) is 12.3 Å². The molecule has 0 radical (unpaired) electrons. The first-order chi connectivity index (χ1) is 12.5. The van der Waals surface area contributed by atoms with Crippen LogP contribution in [-0.2, 0) is 16.6 Å². The van der Waals surface area contributed by atoms with Crippen molar-refractivity contribution in [3.63, 3.8) is 0 Å². The normalized spacial score (nSPS) is 10.8. The van der Waals surface area contributed by atoms with E-state index in [1.807, 2.05) is 13.0 Å². The van der Waals surface area contributed by atoms with Crippen molar-refractivity contribution < 1.29 is 17.9 Å². The number of pyridine rings is 1. The van der Waals surface area contributed by atoms with E-state index in [0.29, 0.717) is 18.1 Å². The average molecular weight is 373 g/mol. The van der Waals surface area contributed by atoms with Gasteiger partial charge in [0.1, 0.15) is 0 Å². The molecule has 0 aliphatic rings. The lowest BCUT2D eigenvalue weighted by atomic mass is 10.2. The van der Waals surface area contributed by atoms with E-state index in [9.17, 15) is 13.2 Å². The third-order valence-corrected chi connectivity index (χ3v) is 4.78. The SMILES string of the molecule is C#CCNS(=O)(=O)c1ccc(C(=O)NCc2cccnc2OCC)cc1. The Hall–Kier alpha value is -2.89. The number of terminal acetylenes is 1. The number of rotatable bonds is 8. The van der Waals surface area contributed by atoms with Gasteiger partial charge < -0.3 is 10.1 Å². The minimum Gasteiger partial charge on any atom is -0.478 e. The van der Waals surface area contributed by atoms with Crippen LogP contribution in [0.15, 0.2) is 47.5 Å². The molecule has 136 valence electrons. The van der Waals surface area contributed by atoms with Gasteiger partial charge >= 0.3 is 0 Å². The lowest BCUT2D eigenvalue weighted by Gasteiger charge is -2.10. The fourth-order valence-corrected chi connectivity index (χ4v) is 3.04. The summed E-state index contributed by atoms with van der Waals surface area (Å²) < 4.78 is 31.6. The molecule has 8 heteroatoms. The first-order valence-corrected chi connectivity index (χ1v) is 9.34. The molecular formula is C18H19N3O4S. The van der Waals surface area contributed by atoms with Gasteiger partial charge in [-0.15, -0.1) is 6.42 Å². The lowest BCUT2D eigenvalue weighted by Crippen LogP contribution is -2.25. The van der Waals surface area contributed by atoms with E-state index in [-0.39, 0.29) is 23.9 Å². The summed E-state index contributed by atoms with van der Waals surface area (Å²) in [5.41, 5.74) is 1.09. The molecule has 0 saturated carbocycles. The fourth-order valence-electron chi connectivity index (χ4n) is 2.11. The Labute approximate surface area is 152 Å². The summed E-state index contributed by atoms with van der Waals surface area (Å²) in [5.74, 6) is 2.33. The standard InChI is InChI=1S/C18H19N3O4S/c1-3-11-21-26(23,24)16-9-7-14(8-10-16)17(22)20-13-15-6-5-12-19-18(15)25-4-2/h1,5-10,12,21H,4,11,13H2,2H3,(H,20,22). The zero-order chi connectivity index (χ0) is 19.0. The van der Waals surface area contributed by atoms with Gasteiger partial charge in [0, 0.05) is 23.9 Å². The number of nitrogens with one attached hydrogen (secondary N) is 2. The Balaban J connectivity index is 2.04. The molecule has 0 aliphatic heterocycles. The van der Waals surface area contributed by atoms with Crippen molar-refractivity contribution in [2.24, 2.45) is 0 Å². The van der Waals surface area contributed by atoms with E-state index in [4.69, 9.17) is 11.2 Å². The molecule has 26 heavy (non-hydrogen) atoms. The molecule has 0 bridgehead atoms. The summed E-state index contributed by atoms with van der Waals surface area (Å²) in [6.07, 6.45) is 6.66.